The first-order valence-electron chi connectivity index (χ1n) is 6.14. The zero-order chi connectivity index (χ0) is 12.5. The number of rotatable bonds is 4. The zero-order valence-electron chi connectivity index (χ0n) is 10.3. The number of aliphatic hydroxyl groups excluding tert-OH is 1. The molecule has 0 bridgehead atoms. The summed E-state index contributed by atoms with van der Waals surface area (Å²) in [4.78, 5) is 0. The van der Waals surface area contributed by atoms with Crippen LogP contribution in [-0.4, -0.2) is 31.2 Å². The molecule has 1 aromatic rings. The molecule has 2 aliphatic rings. The molecule has 0 atom stereocenters. The number of nitrogens with one attached hydrogen (secondary N) is 1. The molecule has 2 N–H and O–H groups in total. The van der Waals surface area contributed by atoms with Crippen molar-refractivity contribution in [3.8, 4) is 17.2 Å². The molecule has 1 aromatic carbocycles. The number of benzene rings is 1. The Bertz CT molecular complexity index is 443. The summed E-state index contributed by atoms with van der Waals surface area (Å²) >= 11 is 0. The van der Waals surface area contributed by atoms with E-state index in [1.807, 2.05) is 12.1 Å². The van der Waals surface area contributed by atoms with Crippen LogP contribution in [0, 0.1) is 0 Å². The molecule has 1 heterocycles. The van der Waals surface area contributed by atoms with Gasteiger partial charge >= 0.3 is 0 Å². The highest BCUT2D eigenvalue weighted by molar-refractivity contribution is 5.55. The van der Waals surface area contributed by atoms with Gasteiger partial charge < -0.3 is 24.6 Å². The number of aliphatic hydroxyl groups is 1. The largest absolute Gasteiger partial charge is 0.493 e. The summed E-state index contributed by atoms with van der Waals surface area (Å²) in [6.07, 6.45) is 1.54. The minimum Gasteiger partial charge on any atom is -0.493 e. The molecule has 1 aliphatic heterocycles. The molecule has 0 unspecified atom stereocenters. The molecular weight excluding hydrogens is 234 g/mol. The van der Waals surface area contributed by atoms with Gasteiger partial charge in [0.25, 0.3) is 0 Å². The van der Waals surface area contributed by atoms with Crippen molar-refractivity contribution in [1.29, 1.82) is 0 Å². The van der Waals surface area contributed by atoms with Gasteiger partial charge in [0.1, 0.15) is 0 Å². The zero-order valence-corrected chi connectivity index (χ0v) is 10.3. The average molecular weight is 251 g/mol. The van der Waals surface area contributed by atoms with E-state index in [1.54, 1.807) is 7.11 Å². The number of hydrogen-bond donors (Lipinski definition) is 2. The molecule has 0 saturated heterocycles. The van der Waals surface area contributed by atoms with E-state index in [-0.39, 0.29) is 12.9 Å². The van der Waals surface area contributed by atoms with Crippen LogP contribution >= 0.6 is 0 Å². The van der Waals surface area contributed by atoms with Crippen LogP contribution in [0.15, 0.2) is 12.1 Å². The molecule has 0 amide bonds. The number of methoxy groups -OCH3 is 1. The van der Waals surface area contributed by atoms with E-state index in [1.165, 1.54) is 0 Å². The van der Waals surface area contributed by atoms with Crippen molar-refractivity contribution in [2.45, 2.75) is 31.5 Å². The molecule has 0 spiro atoms. The molecule has 1 saturated carbocycles. The fourth-order valence-corrected chi connectivity index (χ4v) is 2.30. The van der Waals surface area contributed by atoms with Crippen LogP contribution in [0.1, 0.15) is 18.4 Å². The average Bonchev–Trinajstić information content (AvgIpc) is 2.80. The van der Waals surface area contributed by atoms with Crippen molar-refractivity contribution >= 4 is 0 Å². The molecule has 0 radical (unpaired) electrons. The number of ether oxygens (including phenoxy) is 3. The fraction of sp³-hybridized carbons (Fsp3) is 0.538. The summed E-state index contributed by atoms with van der Waals surface area (Å²) in [5.74, 6) is 2.12. The first kappa shape index (κ1) is 11.6. The molecule has 98 valence electrons. The highest BCUT2D eigenvalue weighted by Crippen LogP contribution is 2.41. The normalized spacial score (nSPS) is 24.8. The Morgan fingerprint density at radius 2 is 2.22 bits per heavy atom. The fourth-order valence-electron chi connectivity index (χ4n) is 2.30. The summed E-state index contributed by atoms with van der Waals surface area (Å²) in [6, 6.07) is 4.33. The predicted octanol–water partition coefficient (Wildman–Crippen LogP) is 1.04. The summed E-state index contributed by atoms with van der Waals surface area (Å²) in [5.41, 5.74) is 1.09. The number of fused-ring (bicyclic) bond motifs is 1. The minimum absolute atomic E-state index is 0.131. The van der Waals surface area contributed by atoms with E-state index in [0.29, 0.717) is 17.5 Å². The van der Waals surface area contributed by atoms with Crippen LogP contribution in [0.5, 0.6) is 17.2 Å². The predicted molar refractivity (Wildman–Crippen MR) is 65.0 cm³/mol. The van der Waals surface area contributed by atoms with Crippen LogP contribution in [-0.2, 0) is 6.54 Å². The van der Waals surface area contributed by atoms with E-state index < -0.39 is 0 Å². The van der Waals surface area contributed by atoms with E-state index in [0.717, 1.165) is 30.7 Å². The lowest BCUT2D eigenvalue weighted by Gasteiger charge is -2.32. The van der Waals surface area contributed by atoms with E-state index in [9.17, 15) is 5.11 Å². The minimum atomic E-state index is -0.131. The van der Waals surface area contributed by atoms with Gasteiger partial charge in [-0.05, 0) is 30.5 Å². The maximum absolute atomic E-state index is 9.23. The molecule has 3 rings (SSSR count). The summed E-state index contributed by atoms with van der Waals surface area (Å²) in [7, 11) is 1.62. The third-order valence-electron chi connectivity index (χ3n) is 3.43. The van der Waals surface area contributed by atoms with Crippen LogP contribution in [0.2, 0.25) is 0 Å². The van der Waals surface area contributed by atoms with E-state index in [4.69, 9.17) is 14.2 Å². The second kappa shape index (κ2) is 4.66. The summed E-state index contributed by atoms with van der Waals surface area (Å²) in [5, 5.41) is 12.6. The van der Waals surface area contributed by atoms with Gasteiger partial charge in [0.15, 0.2) is 11.5 Å². The Kier molecular flexibility index (Phi) is 3.01. The van der Waals surface area contributed by atoms with Crippen LogP contribution < -0.4 is 19.5 Å². The molecule has 0 aromatic heterocycles. The Labute approximate surface area is 106 Å². The second-order valence-electron chi connectivity index (χ2n) is 4.73. The van der Waals surface area contributed by atoms with Crippen molar-refractivity contribution in [3.63, 3.8) is 0 Å². The monoisotopic (exact) mass is 251 g/mol. The van der Waals surface area contributed by atoms with E-state index >= 15 is 0 Å². The van der Waals surface area contributed by atoms with Crippen molar-refractivity contribution in [3.05, 3.63) is 17.7 Å². The lowest BCUT2D eigenvalue weighted by Crippen LogP contribution is -2.43. The molecule has 5 heteroatoms. The van der Waals surface area contributed by atoms with Crippen molar-refractivity contribution in [2.75, 3.05) is 13.9 Å². The van der Waals surface area contributed by atoms with Crippen LogP contribution in [0.3, 0.4) is 0 Å². The molecule has 1 fully saturated rings. The molecule has 5 nitrogen and oxygen atoms in total. The molecule has 18 heavy (non-hydrogen) atoms. The quantitative estimate of drug-likeness (QED) is 0.837. The molecular formula is C13H17NO4. The first-order chi connectivity index (χ1) is 8.76. The Balaban J connectivity index is 1.68. The third-order valence-corrected chi connectivity index (χ3v) is 3.43. The Hall–Kier alpha value is -1.46. The lowest BCUT2D eigenvalue weighted by molar-refractivity contribution is 0.0619. The standard InChI is InChI=1S/C13H17NO4/c1-16-11-2-8(3-12-13(11)18-7-17-12)6-14-9-4-10(15)5-9/h2-3,9-10,14-15H,4-7H2,1H3. The second-order valence-corrected chi connectivity index (χ2v) is 4.73. The van der Waals surface area contributed by atoms with Gasteiger partial charge in [0.2, 0.25) is 12.5 Å². The summed E-state index contributed by atoms with van der Waals surface area (Å²) in [6.45, 7) is 0.988. The van der Waals surface area contributed by atoms with E-state index in [2.05, 4.69) is 5.32 Å². The van der Waals surface area contributed by atoms with Crippen molar-refractivity contribution in [2.24, 2.45) is 0 Å². The highest BCUT2D eigenvalue weighted by atomic mass is 16.7. The van der Waals surface area contributed by atoms with Gasteiger partial charge in [-0.3, -0.25) is 0 Å². The SMILES string of the molecule is COc1cc(CNC2CC(O)C2)cc2c1OCO2. The maximum atomic E-state index is 9.23. The highest BCUT2D eigenvalue weighted by Gasteiger charge is 2.27. The van der Waals surface area contributed by atoms with Crippen molar-refractivity contribution < 1.29 is 19.3 Å². The van der Waals surface area contributed by atoms with Crippen LogP contribution in [0.25, 0.3) is 0 Å². The third kappa shape index (κ3) is 2.11. The maximum Gasteiger partial charge on any atom is 0.231 e. The Morgan fingerprint density at radius 3 is 2.94 bits per heavy atom. The van der Waals surface area contributed by atoms with Gasteiger partial charge in [-0.2, -0.15) is 0 Å². The summed E-state index contributed by atoms with van der Waals surface area (Å²) < 4.78 is 16.0. The van der Waals surface area contributed by atoms with Crippen molar-refractivity contribution in [1.82, 2.24) is 5.32 Å². The number of hydrogen-bond acceptors (Lipinski definition) is 5. The van der Waals surface area contributed by atoms with Gasteiger partial charge in [-0.1, -0.05) is 0 Å². The Morgan fingerprint density at radius 1 is 1.39 bits per heavy atom. The smallest absolute Gasteiger partial charge is 0.231 e. The first-order valence-corrected chi connectivity index (χ1v) is 6.14. The van der Waals surface area contributed by atoms with Gasteiger partial charge in [-0.15, -0.1) is 0 Å². The van der Waals surface area contributed by atoms with Gasteiger partial charge in [0.05, 0.1) is 13.2 Å². The van der Waals surface area contributed by atoms with Gasteiger partial charge in [0, 0.05) is 12.6 Å². The lowest BCUT2D eigenvalue weighted by atomic mass is 9.89. The topological polar surface area (TPSA) is 60.0 Å². The van der Waals surface area contributed by atoms with Crippen LogP contribution in [0.4, 0.5) is 0 Å². The molecule has 1 aliphatic carbocycles. The van der Waals surface area contributed by atoms with Gasteiger partial charge in [-0.25, -0.2) is 0 Å².